The van der Waals surface area contributed by atoms with Crippen LogP contribution in [0.25, 0.3) is 0 Å². The SMILES string of the molecule is CCCCCCC(=O)Oc1ccc(C)cc1C(=O)c1[nH]c(Br)c(Br)c1Br. The maximum absolute atomic E-state index is 13.0. The summed E-state index contributed by atoms with van der Waals surface area (Å²) in [5, 5.41) is 0. The van der Waals surface area contributed by atoms with Crippen LogP contribution < -0.4 is 4.74 Å². The van der Waals surface area contributed by atoms with Gasteiger partial charge in [-0.2, -0.15) is 0 Å². The lowest BCUT2D eigenvalue weighted by molar-refractivity contribution is -0.134. The van der Waals surface area contributed by atoms with Gasteiger partial charge in [-0.1, -0.05) is 37.8 Å². The molecule has 0 unspecified atom stereocenters. The molecule has 4 nitrogen and oxygen atoms in total. The number of unbranched alkanes of at least 4 members (excludes halogenated alkanes) is 3. The van der Waals surface area contributed by atoms with Gasteiger partial charge in [0, 0.05) is 6.42 Å². The molecule has 0 aliphatic carbocycles. The fraction of sp³-hybridized carbons (Fsp3) is 0.368. The number of carbonyl (C=O) groups is 2. The minimum atomic E-state index is -0.313. The number of carbonyl (C=O) groups excluding carboxylic acids is 2. The van der Waals surface area contributed by atoms with Crippen molar-refractivity contribution in [2.24, 2.45) is 0 Å². The summed E-state index contributed by atoms with van der Waals surface area (Å²) < 4.78 is 7.49. The molecule has 1 heterocycles. The number of aromatic nitrogens is 1. The van der Waals surface area contributed by atoms with Gasteiger partial charge >= 0.3 is 5.97 Å². The summed E-state index contributed by atoms with van der Waals surface area (Å²) in [6, 6.07) is 5.23. The number of aromatic amines is 1. The molecule has 0 radical (unpaired) electrons. The van der Waals surface area contributed by atoms with E-state index in [-0.39, 0.29) is 17.5 Å². The molecule has 0 spiro atoms. The predicted molar refractivity (Wildman–Crippen MR) is 113 cm³/mol. The van der Waals surface area contributed by atoms with Crippen molar-refractivity contribution in [2.75, 3.05) is 0 Å². The van der Waals surface area contributed by atoms with Crippen LogP contribution in [0, 0.1) is 6.92 Å². The fourth-order valence-corrected chi connectivity index (χ4v) is 3.93. The lowest BCUT2D eigenvalue weighted by atomic mass is 10.0. The molecule has 0 aliphatic rings. The van der Waals surface area contributed by atoms with Crippen LogP contribution in [0.1, 0.15) is 60.6 Å². The number of ketones is 1. The number of halogens is 3. The lowest BCUT2D eigenvalue weighted by Crippen LogP contribution is -2.12. The third-order valence-corrected chi connectivity index (χ3v) is 7.15. The van der Waals surface area contributed by atoms with Gasteiger partial charge < -0.3 is 9.72 Å². The molecule has 0 aliphatic heterocycles. The highest BCUT2D eigenvalue weighted by molar-refractivity contribution is 9.14. The second-order valence-corrected chi connectivity index (χ2v) is 8.43. The minimum Gasteiger partial charge on any atom is -0.426 e. The molecule has 0 amide bonds. The Bertz CT molecular complexity index is 815. The molecule has 1 aromatic carbocycles. The van der Waals surface area contributed by atoms with Crippen molar-refractivity contribution < 1.29 is 14.3 Å². The molecule has 7 heteroatoms. The van der Waals surface area contributed by atoms with Crippen LogP contribution in [0.5, 0.6) is 5.75 Å². The summed E-state index contributed by atoms with van der Waals surface area (Å²) >= 11 is 10.1. The predicted octanol–water partition coefficient (Wildman–Crippen LogP) is 6.72. The molecule has 0 atom stereocenters. The second kappa shape index (κ2) is 9.85. The van der Waals surface area contributed by atoms with Crippen LogP contribution in [-0.2, 0) is 4.79 Å². The van der Waals surface area contributed by atoms with Gasteiger partial charge in [-0.15, -0.1) is 0 Å². The molecular formula is C19H20Br3NO3. The highest BCUT2D eigenvalue weighted by Crippen LogP contribution is 2.36. The van der Waals surface area contributed by atoms with E-state index < -0.39 is 0 Å². The number of rotatable bonds is 8. The van der Waals surface area contributed by atoms with Crippen molar-refractivity contribution in [3.8, 4) is 5.75 Å². The van der Waals surface area contributed by atoms with Crippen LogP contribution in [0.15, 0.2) is 31.7 Å². The lowest BCUT2D eigenvalue weighted by Gasteiger charge is -2.10. The van der Waals surface area contributed by atoms with E-state index in [1.165, 1.54) is 0 Å². The number of esters is 1. The van der Waals surface area contributed by atoms with Gasteiger partial charge in [-0.25, -0.2) is 0 Å². The van der Waals surface area contributed by atoms with Gasteiger partial charge in [0.15, 0.2) is 0 Å². The molecule has 1 N–H and O–H groups in total. The van der Waals surface area contributed by atoms with Gasteiger partial charge in [-0.3, -0.25) is 9.59 Å². The molecular weight excluding hydrogens is 530 g/mol. The Morgan fingerprint density at radius 1 is 1.08 bits per heavy atom. The van der Waals surface area contributed by atoms with Crippen LogP contribution in [0.4, 0.5) is 0 Å². The minimum absolute atomic E-state index is 0.249. The first-order valence-corrected chi connectivity index (χ1v) is 10.8. The molecule has 0 bridgehead atoms. The number of benzene rings is 1. The summed E-state index contributed by atoms with van der Waals surface area (Å²) in [5.41, 5.74) is 1.65. The average Bonchev–Trinajstić information content (AvgIpc) is 2.87. The maximum Gasteiger partial charge on any atom is 0.311 e. The monoisotopic (exact) mass is 547 g/mol. The smallest absolute Gasteiger partial charge is 0.311 e. The Labute approximate surface area is 178 Å². The second-order valence-electron chi connectivity index (χ2n) is 6.06. The first-order valence-electron chi connectivity index (χ1n) is 8.43. The molecule has 2 aromatic rings. The Kier molecular flexibility index (Phi) is 8.10. The van der Waals surface area contributed by atoms with E-state index in [2.05, 4.69) is 59.7 Å². The van der Waals surface area contributed by atoms with Crippen molar-refractivity contribution >= 4 is 59.5 Å². The molecule has 2 rings (SSSR count). The van der Waals surface area contributed by atoms with Crippen LogP contribution in [-0.4, -0.2) is 16.7 Å². The van der Waals surface area contributed by atoms with Crippen molar-refractivity contribution in [1.29, 1.82) is 0 Å². The fourth-order valence-electron chi connectivity index (χ4n) is 2.50. The molecule has 0 saturated heterocycles. The molecule has 0 fully saturated rings. The number of hydrogen-bond donors (Lipinski definition) is 1. The average molecular weight is 550 g/mol. The van der Waals surface area contributed by atoms with Gasteiger partial charge in [0.2, 0.25) is 5.78 Å². The van der Waals surface area contributed by atoms with E-state index >= 15 is 0 Å². The largest absolute Gasteiger partial charge is 0.426 e. The van der Waals surface area contributed by atoms with Crippen molar-refractivity contribution in [1.82, 2.24) is 4.98 Å². The summed E-state index contributed by atoms with van der Waals surface area (Å²) in [4.78, 5) is 28.1. The molecule has 0 saturated carbocycles. The van der Waals surface area contributed by atoms with Crippen molar-refractivity contribution in [3.63, 3.8) is 0 Å². The Hall–Kier alpha value is -0.920. The summed E-state index contributed by atoms with van der Waals surface area (Å²) in [5.74, 6) is -0.275. The van der Waals surface area contributed by atoms with Gasteiger partial charge in [0.05, 0.1) is 19.1 Å². The van der Waals surface area contributed by atoms with Crippen molar-refractivity contribution in [2.45, 2.75) is 46.0 Å². The zero-order valence-electron chi connectivity index (χ0n) is 14.6. The highest BCUT2D eigenvalue weighted by atomic mass is 79.9. The molecule has 26 heavy (non-hydrogen) atoms. The van der Waals surface area contributed by atoms with Crippen LogP contribution in [0.2, 0.25) is 0 Å². The zero-order valence-corrected chi connectivity index (χ0v) is 19.4. The number of nitrogens with one attached hydrogen (secondary N) is 1. The summed E-state index contributed by atoms with van der Waals surface area (Å²) in [6.07, 6.45) is 4.37. The van der Waals surface area contributed by atoms with Gasteiger partial charge in [-0.05, 0) is 73.3 Å². The first-order chi connectivity index (χ1) is 12.3. The molecule has 1 aromatic heterocycles. The van der Waals surface area contributed by atoms with Crippen LogP contribution in [0.3, 0.4) is 0 Å². The van der Waals surface area contributed by atoms with E-state index in [0.29, 0.717) is 26.8 Å². The number of ether oxygens (including phenoxy) is 1. The third-order valence-electron chi connectivity index (χ3n) is 3.90. The van der Waals surface area contributed by atoms with E-state index in [4.69, 9.17) is 4.74 Å². The number of hydrogen-bond acceptors (Lipinski definition) is 3. The Balaban J connectivity index is 2.23. The zero-order chi connectivity index (χ0) is 19.3. The van der Waals surface area contributed by atoms with E-state index in [1.54, 1.807) is 12.1 Å². The third kappa shape index (κ3) is 5.30. The summed E-state index contributed by atoms with van der Waals surface area (Å²) in [6.45, 7) is 4.01. The van der Waals surface area contributed by atoms with Gasteiger partial charge in [0.1, 0.15) is 11.4 Å². The van der Waals surface area contributed by atoms with Crippen LogP contribution >= 0.6 is 47.8 Å². The van der Waals surface area contributed by atoms with Gasteiger partial charge in [0.25, 0.3) is 0 Å². The first kappa shape index (κ1) is 21.4. The van der Waals surface area contributed by atoms with E-state index in [0.717, 1.165) is 35.7 Å². The molecule has 140 valence electrons. The van der Waals surface area contributed by atoms with E-state index in [9.17, 15) is 9.59 Å². The number of aryl methyl sites for hydroxylation is 1. The summed E-state index contributed by atoms with van der Waals surface area (Å²) in [7, 11) is 0. The maximum atomic E-state index is 13.0. The van der Waals surface area contributed by atoms with Crippen molar-refractivity contribution in [3.05, 3.63) is 48.6 Å². The Morgan fingerprint density at radius 3 is 2.42 bits per heavy atom. The quantitative estimate of drug-likeness (QED) is 0.172. The standard InChI is InChI=1S/C19H20Br3NO3/c1-3-4-5-6-7-14(24)26-13-9-8-11(2)10-12(13)18(25)17-15(20)16(21)19(22)23-17/h8-10,23H,3-7H2,1-2H3. The number of H-pyrrole nitrogens is 1. The Morgan fingerprint density at radius 2 is 1.81 bits per heavy atom. The highest BCUT2D eigenvalue weighted by Gasteiger charge is 2.23. The topological polar surface area (TPSA) is 59.2 Å². The van der Waals surface area contributed by atoms with E-state index in [1.807, 2.05) is 13.0 Å². The normalized spacial score (nSPS) is 10.8.